The molecule has 2 N–H and O–H groups in total. The number of aliphatic imine (C=N–C) groups is 1. The minimum absolute atomic E-state index is 0. The van der Waals surface area contributed by atoms with Crippen LogP contribution in [0.25, 0.3) is 0 Å². The highest BCUT2D eigenvalue weighted by atomic mass is 127. The molecule has 7 nitrogen and oxygen atoms in total. The first-order valence-corrected chi connectivity index (χ1v) is 9.15. The molecule has 0 amide bonds. The Morgan fingerprint density at radius 1 is 1.41 bits per heavy atom. The molecule has 0 radical (unpaired) electrons. The number of alkyl halides is 3. The predicted octanol–water partition coefficient (Wildman–Crippen LogP) is 2.84. The highest BCUT2D eigenvalue weighted by molar-refractivity contribution is 14.0. The summed E-state index contributed by atoms with van der Waals surface area (Å²) in [6.07, 6.45) is -3.16. The van der Waals surface area contributed by atoms with Crippen LogP contribution in [0.15, 0.2) is 23.3 Å². The molecule has 0 bridgehead atoms. The summed E-state index contributed by atoms with van der Waals surface area (Å²) < 4.78 is 43.8. The van der Waals surface area contributed by atoms with E-state index in [1.54, 1.807) is 0 Å². The summed E-state index contributed by atoms with van der Waals surface area (Å²) in [7, 11) is 1.37. The van der Waals surface area contributed by atoms with E-state index in [1.165, 1.54) is 19.4 Å². The molecule has 0 saturated carbocycles. The lowest BCUT2D eigenvalue weighted by Crippen LogP contribution is -2.41. The maximum absolute atomic E-state index is 13.0. The molecule has 1 aromatic rings. The molecule has 0 aromatic carbocycles. The number of guanidine groups is 1. The Hall–Kier alpha value is -1.79. The second-order valence-corrected chi connectivity index (χ2v) is 6.57. The van der Waals surface area contributed by atoms with Gasteiger partial charge in [-0.25, -0.2) is 4.98 Å². The Bertz CT molecular complexity index is 702. The molecule has 2 heterocycles. The summed E-state index contributed by atoms with van der Waals surface area (Å²) in [4.78, 5) is 22.1. The lowest BCUT2D eigenvalue weighted by atomic mass is 9.99. The number of hydrogen-bond acceptors (Lipinski definition) is 5. The van der Waals surface area contributed by atoms with Gasteiger partial charge in [-0.05, 0) is 25.0 Å². The summed E-state index contributed by atoms with van der Waals surface area (Å²) in [6, 6.07) is 2.24. The lowest BCUT2D eigenvalue weighted by molar-refractivity contribution is -0.146. The lowest BCUT2D eigenvalue weighted by Gasteiger charge is -2.21. The number of rotatable bonds is 6. The number of ether oxygens (including phenoxy) is 1. The molecule has 29 heavy (non-hydrogen) atoms. The van der Waals surface area contributed by atoms with Crippen molar-refractivity contribution in [3.05, 3.63) is 23.9 Å². The molecule has 1 aromatic heterocycles. The molecular formula is C18H27F3IN5O2. The zero-order valence-corrected chi connectivity index (χ0v) is 19.0. The first kappa shape index (κ1) is 25.2. The van der Waals surface area contributed by atoms with Crippen molar-refractivity contribution in [2.75, 3.05) is 45.2 Å². The molecule has 2 atom stereocenters. The van der Waals surface area contributed by atoms with Crippen LogP contribution >= 0.6 is 24.0 Å². The van der Waals surface area contributed by atoms with Gasteiger partial charge in [-0.3, -0.25) is 9.79 Å². The minimum Gasteiger partial charge on any atom is -0.469 e. The van der Waals surface area contributed by atoms with Crippen LogP contribution in [0.5, 0.6) is 0 Å². The van der Waals surface area contributed by atoms with Crippen molar-refractivity contribution < 1.29 is 22.7 Å². The van der Waals surface area contributed by atoms with Gasteiger partial charge in [-0.15, -0.1) is 24.0 Å². The Kier molecular flexibility index (Phi) is 9.93. The van der Waals surface area contributed by atoms with Crippen LogP contribution in [0.1, 0.15) is 19.4 Å². The molecule has 1 fully saturated rings. The van der Waals surface area contributed by atoms with Crippen LogP contribution in [0.3, 0.4) is 0 Å². The fraction of sp³-hybridized carbons (Fsp3) is 0.611. The largest absolute Gasteiger partial charge is 0.469 e. The average Bonchev–Trinajstić information content (AvgIpc) is 3.04. The highest BCUT2D eigenvalue weighted by Gasteiger charge is 2.37. The summed E-state index contributed by atoms with van der Waals surface area (Å²) in [5, 5.41) is 5.85. The Balaban J connectivity index is 0.00000420. The number of nitrogens with one attached hydrogen (secondary N) is 2. The minimum atomic E-state index is -4.47. The first-order chi connectivity index (χ1) is 13.3. The molecule has 0 aliphatic carbocycles. The number of halogens is 4. The van der Waals surface area contributed by atoms with Crippen molar-refractivity contribution in [2.24, 2.45) is 16.8 Å². The zero-order valence-electron chi connectivity index (χ0n) is 16.6. The number of carbonyl (C=O) groups is 1. The highest BCUT2D eigenvalue weighted by Crippen LogP contribution is 2.33. The van der Waals surface area contributed by atoms with Crippen LogP contribution in [-0.4, -0.2) is 61.6 Å². The van der Waals surface area contributed by atoms with Gasteiger partial charge < -0.3 is 20.3 Å². The maximum atomic E-state index is 13.0. The molecule has 2 rings (SSSR count). The van der Waals surface area contributed by atoms with E-state index in [0.29, 0.717) is 25.6 Å². The first-order valence-electron chi connectivity index (χ1n) is 9.15. The van der Waals surface area contributed by atoms with Crippen molar-refractivity contribution >= 4 is 41.7 Å². The summed E-state index contributed by atoms with van der Waals surface area (Å²) in [5.74, 6) is 0.0601. The maximum Gasteiger partial charge on any atom is 0.419 e. The summed E-state index contributed by atoms with van der Waals surface area (Å²) in [5.41, 5.74) is -0.805. The molecule has 1 aliphatic rings. The van der Waals surface area contributed by atoms with Gasteiger partial charge in [0.15, 0.2) is 5.96 Å². The van der Waals surface area contributed by atoms with Crippen molar-refractivity contribution in [3.63, 3.8) is 0 Å². The molecule has 1 saturated heterocycles. The topological polar surface area (TPSA) is 78.9 Å². The van der Waals surface area contributed by atoms with E-state index in [9.17, 15) is 18.0 Å². The third kappa shape index (κ3) is 6.89. The Morgan fingerprint density at radius 3 is 2.76 bits per heavy atom. The van der Waals surface area contributed by atoms with Gasteiger partial charge in [-0.1, -0.05) is 6.92 Å². The fourth-order valence-electron chi connectivity index (χ4n) is 3.13. The van der Waals surface area contributed by atoms with E-state index in [2.05, 4.69) is 20.6 Å². The number of aromatic nitrogens is 1. The van der Waals surface area contributed by atoms with Crippen molar-refractivity contribution in [1.29, 1.82) is 0 Å². The van der Waals surface area contributed by atoms with Crippen LogP contribution in [-0.2, 0) is 15.7 Å². The smallest absolute Gasteiger partial charge is 0.419 e. The van der Waals surface area contributed by atoms with Gasteiger partial charge in [0.05, 0.1) is 25.1 Å². The van der Waals surface area contributed by atoms with Gasteiger partial charge >= 0.3 is 12.1 Å². The molecule has 0 spiro atoms. The Labute approximate surface area is 185 Å². The number of methoxy groups -OCH3 is 1. The van der Waals surface area contributed by atoms with E-state index >= 15 is 0 Å². The van der Waals surface area contributed by atoms with Gasteiger partial charge in [0.25, 0.3) is 0 Å². The fourth-order valence-corrected chi connectivity index (χ4v) is 3.13. The quantitative estimate of drug-likeness (QED) is 0.194. The van der Waals surface area contributed by atoms with E-state index in [1.807, 2.05) is 18.7 Å². The van der Waals surface area contributed by atoms with Gasteiger partial charge in [0.2, 0.25) is 0 Å². The number of hydrogen-bond donors (Lipinski definition) is 2. The van der Waals surface area contributed by atoms with Crippen molar-refractivity contribution in [2.45, 2.75) is 20.0 Å². The molecule has 1 aliphatic heterocycles. The van der Waals surface area contributed by atoms with Crippen LogP contribution in [0, 0.1) is 11.8 Å². The second-order valence-electron chi connectivity index (χ2n) is 6.57. The summed E-state index contributed by atoms with van der Waals surface area (Å²) in [6.45, 7) is 6.13. The molecule has 11 heteroatoms. The second kappa shape index (κ2) is 11.4. The van der Waals surface area contributed by atoms with Gasteiger partial charge in [0, 0.05) is 32.4 Å². The Morgan fingerprint density at radius 2 is 2.14 bits per heavy atom. The van der Waals surface area contributed by atoms with E-state index < -0.39 is 11.7 Å². The van der Waals surface area contributed by atoms with Crippen molar-refractivity contribution in [3.8, 4) is 0 Å². The molecule has 2 unspecified atom stereocenters. The third-order valence-electron chi connectivity index (χ3n) is 4.53. The number of esters is 1. The summed E-state index contributed by atoms with van der Waals surface area (Å²) >= 11 is 0. The average molecular weight is 529 g/mol. The van der Waals surface area contributed by atoms with E-state index in [4.69, 9.17) is 4.74 Å². The normalized spacial score (nSPS) is 19.5. The van der Waals surface area contributed by atoms with Crippen LogP contribution < -0.4 is 10.6 Å². The monoisotopic (exact) mass is 529 g/mol. The van der Waals surface area contributed by atoms with Gasteiger partial charge in [-0.2, -0.15) is 13.2 Å². The molecule has 164 valence electrons. The van der Waals surface area contributed by atoms with Crippen molar-refractivity contribution in [1.82, 2.24) is 15.2 Å². The number of anilines is 1. The predicted molar refractivity (Wildman–Crippen MR) is 115 cm³/mol. The number of nitrogens with zero attached hydrogens (tertiary/aromatic N) is 3. The van der Waals surface area contributed by atoms with E-state index in [0.717, 1.165) is 6.07 Å². The standard InChI is InChI=1S/C18H26F3N5O2.HI/c1-4-22-17(26-10-12(2)13(11-26)16(27)28-3)25-9-8-24-15-14(18(19,20)21)6-5-7-23-15;/h5-7,12-13H,4,8-11H2,1-3H3,(H,22,25)(H,23,24);1H. The SMILES string of the molecule is CCNC(=NCCNc1ncccc1C(F)(F)F)N1CC(C)C(C(=O)OC)C1.I. The van der Waals surface area contributed by atoms with Crippen LogP contribution in [0.4, 0.5) is 19.0 Å². The number of pyridine rings is 1. The number of carbonyl (C=O) groups excluding carboxylic acids is 1. The third-order valence-corrected chi connectivity index (χ3v) is 4.53. The van der Waals surface area contributed by atoms with E-state index in [-0.39, 0.29) is 60.7 Å². The number of likely N-dealkylation sites (tertiary alicyclic amines) is 1. The zero-order chi connectivity index (χ0) is 20.7. The van der Waals surface area contributed by atoms with Crippen LogP contribution in [0.2, 0.25) is 0 Å². The molecular weight excluding hydrogens is 502 g/mol. The van der Waals surface area contributed by atoms with Gasteiger partial charge in [0.1, 0.15) is 5.82 Å².